The molecule has 5 nitrogen and oxygen atoms in total. The number of benzene rings is 8. The Morgan fingerprint density at radius 3 is 1.23 bits per heavy atom. The van der Waals surface area contributed by atoms with Crippen LogP contribution < -0.4 is 0 Å². The average molecular weight is 714 g/mol. The number of nitrogens with zero attached hydrogens (tertiary/aromatic N) is 5. The second-order valence-electron chi connectivity index (χ2n) is 14.5. The Labute approximate surface area is 321 Å². The molecule has 56 heavy (non-hydrogen) atoms. The number of aromatic nitrogens is 5. The van der Waals surface area contributed by atoms with Gasteiger partial charge in [-0.25, -0.2) is 4.98 Å². The molecule has 4 aromatic heterocycles. The second kappa shape index (κ2) is 11.9. The van der Waals surface area contributed by atoms with Crippen LogP contribution in [0, 0.1) is 0 Å². The van der Waals surface area contributed by atoms with E-state index >= 15 is 0 Å². The number of para-hydroxylation sites is 3. The SMILES string of the molecule is c1ccc(-c2cc(-n3c4ccccc4c4cc5c6cc7c8ccccc8n(-c8ccccc8)c7cc6c6nccnc6c5cc43)cc(-c3ccccc3)n2)cc1. The van der Waals surface area contributed by atoms with E-state index in [1.807, 2.05) is 24.5 Å². The molecule has 4 heterocycles. The third-order valence-electron chi connectivity index (χ3n) is 11.3. The molecule has 0 bridgehead atoms. The van der Waals surface area contributed by atoms with Crippen molar-refractivity contribution in [3.05, 3.63) is 188 Å². The van der Waals surface area contributed by atoms with Crippen molar-refractivity contribution in [2.45, 2.75) is 0 Å². The summed E-state index contributed by atoms with van der Waals surface area (Å²) in [6.07, 6.45) is 3.63. The molecule has 0 saturated carbocycles. The summed E-state index contributed by atoms with van der Waals surface area (Å²) in [5.41, 5.74) is 12.5. The van der Waals surface area contributed by atoms with Crippen LogP contribution in [0.4, 0.5) is 0 Å². The number of fused-ring (bicyclic) bond motifs is 12. The largest absolute Gasteiger partial charge is 0.309 e. The van der Waals surface area contributed by atoms with E-state index in [2.05, 4.69) is 173 Å². The summed E-state index contributed by atoms with van der Waals surface area (Å²) >= 11 is 0. The van der Waals surface area contributed by atoms with Crippen LogP contribution in [0.15, 0.2) is 188 Å². The van der Waals surface area contributed by atoms with E-state index in [9.17, 15) is 0 Å². The van der Waals surface area contributed by atoms with Gasteiger partial charge >= 0.3 is 0 Å². The van der Waals surface area contributed by atoms with Crippen molar-refractivity contribution >= 4 is 76.2 Å². The smallest absolute Gasteiger partial charge is 0.0972 e. The maximum atomic E-state index is 5.20. The monoisotopic (exact) mass is 713 g/mol. The van der Waals surface area contributed by atoms with Gasteiger partial charge < -0.3 is 9.13 Å². The Morgan fingerprint density at radius 2 is 0.732 bits per heavy atom. The van der Waals surface area contributed by atoms with Gasteiger partial charge in [0.1, 0.15) is 0 Å². The highest BCUT2D eigenvalue weighted by atomic mass is 15.0. The Morgan fingerprint density at radius 1 is 0.304 bits per heavy atom. The molecule has 0 aliphatic carbocycles. The zero-order valence-corrected chi connectivity index (χ0v) is 30.1. The summed E-state index contributed by atoms with van der Waals surface area (Å²) < 4.78 is 4.77. The van der Waals surface area contributed by atoms with Gasteiger partial charge in [0.05, 0.1) is 50.2 Å². The standard InChI is InChI=1S/C51H31N5/c1-4-14-32(15-5-1)44-26-35(27-45(54-44)33-16-6-2-7-17-33)56-47-23-13-11-21-37(47)41-29-39-38-28-40-36-20-10-12-22-46(36)55(34-18-8-3-9-19-34)48(40)30-42(38)50-51(53-25-24-52-50)43(39)31-49(41)56/h1-31H. The fourth-order valence-electron chi connectivity index (χ4n) is 8.89. The first-order valence-corrected chi connectivity index (χ1v) is 18.9. The van der Waals surface area contributed by atoms with E-state index < -0.39 is 0 Å². The molecule has 0 atom stereocenters. The maximum absolute atomic E-state index is 5.20. The van der Waals surface area contributed by atoms with Gasteiger partial charge in [0, 0.05) is 61.5 Å². The van der Waals surface area contributed by atoms with Gasteiger partial charge in [-0.3, -0.25) is 9.97 Å². The van der Waals surface area contributed by atoms with Gasteiger partial charge in [0.2, 0.25) is 0 Å². The van der Waals surface area contributed by atoms with E-state index in [1.165, 1.54) is 27.1 Å². The van der Waals surface area contributed by atoms with Crippen molar-refractivity contribution in [1.82, 2.24) is 24.1 Å². The maximum Gasteiger partial charge on any atom is 0.0972 e. The number of hydrogen-bond acceptors (Lipinski definition) is 3. The highest BCUT2D eigenvalue weighted by Crippen LogP contribution is 2.43. The second-order valence-corrected chi connectivity index (χ2v) is 14.5. The van der Waals surface area contributed by atoms with E-state index in [4.69, 9.17) is 15.0 Å². The van der Waals surface area contributed by atoms with E-state index in [0.717, 1.165) is 83.0 Å². The van der Waals surface area contributed by atoms with Crippen molar-refractivity contribution in [1.29, 1.82) is 0 Å². The minimum absolute atomic E-state index is 0.889. The van der Waals surface area contributed by atoms with Crippen LogP contribution in [0.2, 0.25) is 0 Å². The lowest BCUT2D eigenvalue weighted by Gasteiger charge is -2.14. The Balaban J connectivity index is 1.21. The fourth-order valence-corrected chi connectivity index (χ4v) is 8.89. The van der Waals surface area contributed by atoms with Gasteiger partial charge in [-0.15, -0.1) is 0 Å². The summed E-state index contributed by atoms with van der Waals surface area (Å²) in [7, 11) is 0. The molecule has 0 radical (unpaired) electrons. The molecule has 260 valence electrons. The molecule has 5 heteroatoms. The first kappa shape index (κ1) is 30.8. The van der Waals surface area contributed by atoms with Gasteiger partial charge in [0.25, 0.3) is 0 Å². The van der Waals surface area contributed by atoms with Gasteiger partial charge in [0.15, 0.2) is 0 Å². The summed E-state index contributed by atoms with van der Waals surface area (Å²) in [4.78, 5) is 15.3. The van der Waals surface area contributed by atoms with Crippen molar-refractivity contribution in [2.24, 2.45) is 0 Å². The van der Waals surface area contributed by atoms with E-state index in [0.29, 0.717) is 0 Å². The molecule has 0 amide bonds. The highest BCUT2D eigenvalue weighted by Gasteiger charge is 2.21. The molecular weight excluding hydrogens is 683 g/mol. The summed E-state index contributed by atoms with van der Waals surface area (Å²) in [6.45, 7) is 0. The Kier molecular flexibility index (Phi) is 6.56. The van der Waals surface area contributed by atoms with Crippen molar-refractivity contribution in [3.8, 4) is 33.9 Å². The molecule has 0 N–H and O–H groups in total. The zero-order chi connectivity index (χ0) is 36.7. The topological polar surface area (TPSA) is 48.5 Å². The normalized spacial score (nSPS) is 11.9. The lowest BCUT2D eigenvalue weighted by Crippen LogP contribution is -1.98. The molecule has 0 fully saturated rings. The summed E-state index contributed by atoms with van der Waals surface area (Å²) in [5.74, 6) is 0. The Bertz CT molecular complexity index is 3450. The van der Waals surface area contributed by atoms with Crippen LogP contribution in [0.1, 0.15) is 0 Å². The average Bonchev–Trinajstić information content (AvgIpc) is 3.78. The van der Waals surface area contributed by atoms with Crippen LogP contribution in [0.5, 0.6) is 0 Å². The Hall–Kier alpha value is -7.63. The predicted molar refractivity (Wildman–Crippen MR) is 232 cm³/mol. The number of hydrogen-bond donors (Lipinski definition) is 0. The third-order valence-corrected chi connectivity index (χ3v) is 11.3. The van der Waals surface area contributed by atoms with Crippen LogP contribution in [0.25, 0.3) is 110 Å². The molecule has 0 aliphatic heterocycles. The molecule has 12 rings (SSSR count). The third kappa shape index (κ3) is 4.52. The van der Waals surface area contributed by atoms with Crippen LogP contribution >= 0.6 is 0 Å². The lowest BCUT2D eigenvalue weighted by molar-refractivity contribution is 1.16. The van der Waals surface area contributed by atoms with Gasteiger partial charge in [-0.2, -0.15) is 0 Å². The number of rotatable bonds is 4. The minimum atomic E-state index is 0.889. The quantitative estimate of drug-likeness (QED) is 0.171. The summed E-state index contributed by atoms with van der Waals surface area (Å²) in [6, 6.07) is 62.8. The first-order chi connectivity index (χ1) is 27.8. The molecule has 0 unspecified atom stereocenters. The van der Waals surface area contributed by atoms with Crippen LogP contribution in [-0.4, -0.2) is 24.1 Å². The fraction of sp³-hybridized carbons (Fsp3) is 0. The van der Waals surface area contributed by atoms with Gasteiger partial charge in [-0.1, -0.05) is 115 Å². The van der Waals surface area contributed by atoms with E-state index in [1.54, 1.807) is 0 Å². The van der Waals surface area contributed by atoms with Crippen molar-refractivity contribution in [3.63, 3.8) is 0 Å². The van der Waals surface area contributed by atoms with E-state index in [-0.39, 0.29) is 0 Å². The molecular formula is C51H31N5. The predicted octanol–water partition coefficient (Wildman–Crippen LogP) is 12.9. The highest BCUT2D eigenvalue weighted by molar-refractivity contribution is 6.30. The van der Waals surface area contributed by atoms with Crippen molar-refractivity contribution in [2.75, 3.05) is 0 Å². The minimum Gasteiger partial charge on any atom is -0.309 e. The summed E-state index contributed by atoms with van der Waals surface area (Å²) in [5, 5.41) is 9.29. The number of pyridine rings is 1. The molecule has 0 saturated heterocycles. The zero-order valence-electron chi connectivity index (χ0n) is 30.1. The first-order valence-electron chi connectivity index (χ1n) is 18.9. The van der Waals surface area contributed by atoms with Crippen LogP contribution in [0.3, 0.4) is 0 Å². The lowest BCUT2D eigenvalue weighted by atomic mass is 9.96. The molecule has 12 aromatic rings. The molecule has 8 aromatic carbocycles. The van der Waals surface area contributed by atoms with Gasteiger partial charge in [-0.05, 0) is 71.4 Å². The van der Waals surface area contributed by atoms with Crippen molar-refractivity contribution < 1.29 is 0 Å². The molecule has 0 aliphatic rings. The molecule has 0 spiro atoms. The van der Waals surface area contributed by atoms with Crippen LogP contribution in [-0.2, 0) is 0 Å².